The largest absolute Gasteiger partial charge is 0.416 e. The molecular weight excluding hydrogens is 535 g/mol. The normalized spacial score (nSPS) is 13.3. The Labute approximate surface area is 193 Å². The minimum Gasteiger partial charge on any atom is -0.309 e. The first-order chi connectivity index (χ1) is 14.3. The molecule has 0 aliphatic rings. The van der Waals surface area contributed by atoms with Crippen LogP contribution in [0.3, 0.4) is 0 Å². The van der Waals surface area contributed by atoms with E-state index in [4.69, 9.17) is 23.2 Å². The van der Waals surface area contributed by atoms with Crippen molar-refractivity contribution in [3.05, 3.63) is 68.7 Å². The van der Waals surface area contributed by atoms with Gasteiger partial charge in [0.25, 0.3) is 0 Å². The summed E-state index contributed by atoms with van der Waals surface area (Å²) in [4.78, 5) is 12.3. The predicted octanol–water partition coefficient (Wildman–Crippen LogP) is 7.37. The molecule has 170 valence electrons. The summed E-state index contributed by atoms with van der Waals surface area (Å²) in [6.45, 7) is -0.181. The maximum Gasteiger partial charge on any atom is 0.416 e. The highest BCUT2D eigenvalue weighted by atomic mass is 79.9. The summed E-state index contributed by atoms with van der Waals surface area (Å²) in [7, 11) is 0. The number of nitrogens with one attached hydrogen (secondary N) is 1. The van der Waals surface area contributed by atoms with Crippen molar-refractivity contribution in [2.24, 2.45) is 0 Å². The minimum absolute atomic E-state index is 0.0134. The predicted molar refractivity (Wildman–Crippen MR) is 111 cm³/mol. The van der Waals surface area contributed by atoms with Crippen molar-refractivity contribution in [2.45, 2.75) is 24.7 Å². The van der Waals surface area contributed by atoms with E-state index in [-0.39, 0.29) is 18.5 Å². The Balaban J connectivity index is 2.16. The summed E-state index contributed by atoms with van der Waals surface area (Å²) in [6.07, 6.45) is -9.39. The van der Waals surface area contributed by atoms with Gasteiger partial charge in [0.2, 0.25) is 0 Å². The fraction of sp³-hybridized carbons (Fsp3) is 0.350. The summed E-state index contributed by atoms with van der Waals surface area (Å²) in [5, 5.41) is 4.15. The van der Waals surface area contributed by atoms with Crippen LogP contribution in [0.1, 0.15) is 39.4 Å². The van der Waals surface area contributed by atoms with Gasteiger partial charge in [-0.15, -0.1) is 0 Å². The Hall–Kier alpha value is -1.29. The molecule has 0 heterocycles. The van der Waals surface area contributed by atoms with Gasteiger partial charge in [-0.05, 0) is 48.2 Å². The van der Waals surface area contributed by atoms with Gasteiger partial charge in [-0.3, -0.25) is 4.79 Å². The van der Waals surface area contributed by atoms with Gasteiger partial charge in [-0.2, -0.15) is 26.3 Å². The van der Waals surface area contributed by atoms with Crippen LogP contribution in [0.5, 0.6) is 0 Å². The number of halogens is 9. The average Bonchev–Trinajstić information content (AvgIpc) is 2.67. The Morgan fingerprint density at radius 1 is 0.935 bits per heavy atom. The smallest absolute Gasteiger partial charge is 0.309 e. The van der Waals surface area contributed by atoms with Crippen molar-refractivity contribution in [3.63, 3.8) is 0 Å². The molecule has 0 saturated carbocycles. The van der Waals surface area contributed by atoms with Gasteiger partial charge in [0.05, 0.1) is 27.7 Å². The summed E-state index contributed by atoms with van der Waals surface area (Å²) < 4.78 is 77.8. The van der Waals surface area contributed by atoms with E-state index in [0.717, 1.165) is 5.56 Å². The second-order valence-electron chi connectivity index (χ2n) is 6.70. The minimum atomic E-state index is -5.02. The number of carbonyl (C=O) groups excluding carboxylic acids is 1. The van der Waals surface area contributed by atoms with Crippen LogP contribution in [0.25, 0.3) is 0 Å². The van der Waals surface area contributed by atoms with E-state index in [1.165, 1.54) is 0 Å². The maximum absolute atomic E-state index is 13.0. The van der Waals surface area contributed by atoms with Gasteiger partial charge in [0.15, 0.2) is 5.78 Å². The summed E-state index contributed by atoms with van der Waals surface area (Å²) in [5.74, 6) is -1.00. The third kappa shape index (κ3) is 7.37. The molecule has 0 radical (unpaired) electrons. The van der Waals surface area contributed by atoms with E-state index in [9.17, 15) is 31.1 Å². The van der Waals surface area contributed by atoms with Crippen molar-refractivity contribution in [1.82, 2.24) is 5.32 Å². The Morgan fingerprint density at radius 2 is 1.52 bits per heavy atom. The Morgan fingerprint density at radius 3 is 2.00 bits per heavy atom. The molecule has 2 rings (SSSR count). The van der Waals surface area contributed by atoms with E-state index < -0.39 is 41.4 Å². The third-order valence-electron chi connectivity index (χ3n) is 4.46. The number of benzene rings is 2. The van der Waals surface area contributed by atoms with Gasteiger partial charge < -0.3 is 5.32 Å². The lowest BCUT2D eigenvalue weighted by Gasteiger charge is -2.18. The molecule has 0 fully saturated rings. The number of ketones is 1. The molecule has 11 heteroatoms. The second kappa shape index (κ2) is 10.6. The fourth-order valence-corrected chi connectivity index (χ4v) is 3.72. The highest BCUT2D eigenvalue weighted by Crippen LogP contribution is 2.36. The summed E-state index contributed by atoms with van der Waals surface area (Å²) in [5.41, 5.74) is -2.90. The monoisotopic (exact) mass is 549 g/mol. The van der Waals surface area contributed by atoms with Gasteiger partial charge >= 0.3 is 12.4 Å². The molecule has 0 amide bonds. The van der Waals surface area contributed by atoms with Crippen LogP contribution in [-0.4, -0.2) is 24.2 Å². The molecular formula is C20H16BrCl2F6NO. The molecule has 0 aromatic heterocycles. The maximum atomic E-state index is 13.0. The number of hydrogen-bond acceptors (Lipinski definition) is 2. The zero-order chi connectivity index (χ0) is 23.4. The van der Waals surface area contributed by atoms with E-state index in [1.807, 2.05) is 0 Å². The lowest BCUT2D eigenvalue weighted by molar-refractivity contribution is -0.143. The topological polar surface area (TPSA) is 29.1 Å². The van der Waals surface area contributed by atoms with Gasteiger partial charge in [-0.25, -0.2) is 0 Å². The molecule has 1 unspecified atom stereocenters. The first-order valence-electron chi connectivity index (χ1n) is 8.87. The number of rotatable bonds is 8. The molecule has 1 N–H and O–H groups in total. The molecule has 0 aliphatic carbocycles. The first kappa shape index (κ1) is 26.0. The third-order valence-corrected chi connectivity index (χ3v) is 5.66. The van der Waals surface area contributed by atoms with Gasteiger partial charge in [0.1, 0.15) is 0 Å². The second-order valence-corrected chi connectivity index (χ2v) is 8.30. The van der Waals surface area contributed by atoms with Crippen LogP contribution in [0.15, 0.2) is 36.4 Å². The molecule has 0 bridgehead atoms. The summed E-state index contributed by atoms with van der Waals surface area (Å²) >= 11 is 15.3. The van der Waals surface area contributed by atoms with E-state index in [1.54, 1.807) is 18.2 Å². The number of carbonyl (C=O) groups is 1. The average molecular weight is 551 g/mol. The van der Waals surface area contributed by atoms with Crippen molar-refractivity contribution >= 4 is 44.9 Å². The van der Waals surface area contributed by atoms with Gasteiger partial charge in [-0.1, -0.05) is 45.2 Å². The molecule has 0 saturated heterocycles. The van der Waals surface area contributed by atoms with Crippen molar-refractivity contribution in [2.75, 3.05) is 18.4 Å². The standard InChI is InChI=1S/C20H16BrCl2F6NO/c21-4-3-12(11-1-2-16(22)17(23)7-11)9-30-10-18(31)13-5-14(19(24,25)26)8-15(6-13)20(27,28)29/h1-2,5-8,12,30H,3-4,9-10H2. The van der Waals surface area contributed by atoms with Crippen LogP contribution < -0.4 is 5.32 Å². The van der Waals surface area contributed by atoms with Crippen molar-refractivity contribution in [3.8, 4) is 0 Å². The highest BCUT2D eigenvalue weighted by molar-refractivity contribution is 9.09. The zero-order valence-corrected chi connectivity index (χ0v) is 18.8. The molecule has 1 atom stereocenters. The number of hydrogen-bond donors (Lipinski definition) is 1. The SMILES string of the molecule is O=C(CNCC(CCBr)c1ccc(Cl)c(Cl)c1)c1cc(C(F)(F)F)cc(C(F)(F)F)c1. The molecule has 2 aromatic carbocycles. The Bertz CT molecular complexity index is 901. The molecule has 0 spiro atoms. The molecule has 0 aliphatic heterocycles. The number of alkyl halides is 7. The van der Waals surface area contributed by atoms with Crippen LogP contribution in [0.4, 0.5) is 26.3 Å². The highest BCUT2D eigenvalue weighted by Gasteiger charge is 2.37. The van der Waals surface area contributed by atoms with Crippen LogP contribution in [-0.2, 0) is 12.4 Å². The van der Waals surface area contributed by atoms with Crippen molar-refractivity contribution < 1.29 is 31.1 Å². The van der Waals surface area contributed by atoms with Crippen LogP contribution in [0, 0.1) is 0 Å². The van der Waals surface area contributed by atoms with E-state index in [0.29, 0.717) is 33.9 Å². The van der Waals surface area contributed by atoms with E-state index in [2.05, 4.69) is 21.2 Å². The van der Waals surface area contributed by atoms with E-state index >= 15 is 0 Å². The Kier molecular flexibility index (Phi) is 8.84. The zero-order valence-electron chi connectivity index (χ0n) is 15.7. The van der Waals surface area contributed by atoms with Crippen LogP contribution in [0.2, 0.25) is 10.0 Å². The van der Waals surface area contributed by atoms with Gasteiger partial charge in [0, 0.05) is 17.4 Å². The summed E-state index contributed by atoms with van der Waals surface area (Å²) in [6, 6.07) is 5.88. The molecule has 31 heavy (non-hydrogen) atoms. The number of Topliss-reactive ketones (excluding diaryl/α,β-unsaturated/α-hetero) is 1. The van der Waals surface area contributed by atoms with Crippen LogP contribution >= 0.6 is 39.1 Å². The quantitative estimate of drug-likeness (QED) is 0.211. The first-order valence-corrected chi connectivity index (χ1v) is 10.7. The molecule has 2 nitrogen and oxygen atoms in total. The lowest BCUT2D eigenvalue weighted by atomic mass is 9.96. The molecule has 2 aromatic rings. The fourth-order valence-electron chi connectivity index (χ4n) is 2.86. The lowest BCUT2D eigenvalue weighted by Crippen LogP contribution is -2.28. The van der Waals surface area contributed by atoms with Crippen molar-refractivity contribution in [1.29, 1.82) is 0 Å².